The summed E-state index contributed by atoms with van der Waals surface area (Å²) in [7, 11) is -2.51. The molecule has 0 fully saturated rings. The maximum atomic E-state index is 12.6. The monoisotopic (exact) mass is 389 g/mol. The van der Waals surface area contributed by atoms with Crippen molar-refractivity contribution < 1.29 is 35.8 Å². The van der Waals surface area contributed by atoms with Crippen LogP contribution in [0.4, 0.5) is 13.2 Å². The molecule has 3 rings (SSSR count). The van der Waals surface area contributed by atoms with E-state index >= 15 is 0 Å². The Morgan fingerprint density at radius 2 is 1.73 bits per heavy atom. The minimum atomic E-state index is -4.84. The predicted octanol–water partition coefficient (Wildman–Crippen LogP) is 3.13. The zero-order valence-electron chi connectivity index (χ0n) is 13.5. The van der Waals surface area contributed by atoms with Crippen LogP contribution in [-0.4, -0.2) is 32.9 Å². The molecule has 0 saturated heterocycles. The minimum Gasteiger partial charge on any atom is -0.454 e. The Morgan fingerprint density at radius 1 is 1.08 bits per heavy atom. The Kier molecular flexibility index (Phi) is 4.72. The van der Waals surface area contributed by atoms with Gasteiger partial charge in [0.2, 0.25) is 16.8 Å². The van der Waals surface area contributed by atoms with E-state index in [1.54, 1.807) is 18.2 Å². The van der Waals surface area contributed by atoms with Crippen LogP contribution in [0.1, 0.15) is 5.56 Å². The van der Waals surface area contributed by atoms with Crippen LogP contribution in [0.15, 0.2) is 47.4 Å². The number of halogens is 3. The van der Waals surface area contributed by atoms with Crippen molar-refractivity contribution in [3.8, 4) is 17.2 Å². The average molecular weight is 389 g/mol. The lowest BCUT2D eigenvalue weighted by atomic mass is 10.2. The lowest BCUT2D eigenvalue weighted by molar-refractivity contribution is -0.274. The Bertz CT molecular complexity index is 897. The number of fused-ring (bicyclic) bond motifs is 1. The van der Waals surface area contributed by atoms with Gasteiger partial charge < -0.3 is 14.2 Å². The van der Waals surface area contributed by atoms with Crippen molar-refractivity contribution in [3.05, 3.63) is 48.0 Å². The normalized spacial score (nSPS) is 13.9. The molecular formula is C16H14F3NO5S. The van der Waals surface area contributed by atoms with E-state index < -0.39 is 22.1 Å². The number of hydrogen-bond donors (Lipinski definition) is 0. The fraction of sp³-hybridized carbons (Fsp3) is 0.250. The molecule has 1 aliphatic rings. The number of hydrogen-bond acceptors (Lipinski definition) is 5. The van der Waals surface area contributed by atoms with Gasteiger partial charge in [-0.2, -0.15) is 4.31 Å². The van der Waals surface area contributed by atoms with Crippen molar-refractivity contribution in [1.29, 1.82) is 0 Å². The molecule has 0 unspecified atom stereocenters. The summed E-state index contributed by atoms with van der Waals surface area (Å²) in [5.74, 6) is 0.622. The van der Waals surface area contributed by atoms with E-state index in [2.05, 4.69) is 4.74 Å². The van der Waals surface area contributed by atoms with Crippen LogP contribution in [0.5, 0.6) is 17.2 Å². The van der Waals surface area contributed by atoms with E-state index in [0.717, 1.165) is 28.6 Å². The van der Waals surface area contributed by atoms with E-state index in [1.807, 2.05) is 0 Å². The number of rotatable bonds is 5. The quantitative estimate of drug-likeness (QED) is 0.786. The van der Waals surface area contributed by atoms with Crippen LogP contribution < -0.4 is 14.2 Å². The highest BCUT2D eigenvalue weighted by Crippen LogP contribution is 2.33. The van der Waals surface area contributed by atoms with Crippen molar-refractivity contribution in [2.24, 2.45) is 0 Å². The Hall–Kier alpha value is -2.46. The molecule has 0 aliphatic carbocycles. The van der Waals surface area contributed by atoms with E-state index in [0.29, 0.717) is 17.1 Å². The van der Waals surface area contributed by atoms with Crippen molar-refractivity contribution >= 4 is 10.0 Å². The highest BCUT2D eigenvalue weighted by atomic mass is 32.2. The van der Waals surface area contributed by atoms with Gasteiger partial charge in [0.25, 0.3) is 0 Å². The SMILES string of the molecule is CN(Cc1ccc2c(c1)OCO2)S(=O)(=O)c1ccc(OC(F)(F)F)cc1. The first-order chi connectivity index (χ1) is 12.1. The summed E-state index contributed by atoms with van der Waals surface area (Å²) in [5.41, 5.74) is 0.678. The summed E-state index contributed by atoms with van der Waals surface area (Å²) in [6.07, 6.45) is -4.84. The first kappa shape index (κ1) is 18.3. The molecule has 140 valence electrons. The van der Waals surface area contributed by atoms with Gasteiger partial charge in [0, 0.05) is 13.6 Å². The van der Waals surface area contributed by atoms with E-state index in [9.17, 15) is 21.6 Å². The Morgan fingerprint density at radius 3 is 2.38 bits per heavy atom. The van der Waals surface area contributed by atoms with E-state index in [4.69, 9.17) is 9.47 Å². The molecule has 0 spiro atoms. The number of ether oxygens (including phenoxy) is 3. The fourth-order valence-electron chi connectivity index (χ4n) is 2.37. The molecule has 0 saturated carbocycles. The second-order valence-electron chi connectivity index (χ2n) is 5.47. The van der Waals surface area contributed by atoms with E-state index in [1.165, 1.54) is 7.05 Å². The van der Waals surface area contributed by atoms with Gasteiger partial charge in [-0.1, -0.05) is 6.07 Å². The highest BCUT2D eigenvalue weighted by molar-refractivity contribution is 7.89. The summed E-state index contributed by atoms with van der Waals surface area (Å²) in [5, 5.41) is 0. The van der Waals surface area contributed by atoms with Gasteiger partial charge in [-0.25, -0.2) is 8.42 Å². The van der Waals surface area contributed by atoms with Crippen LogP contribution in [0.2, 0.25) is 0 Å². The van der Waals surface area contributed by atoms with Gasteiger partial charge in [0.1, 0.15) is 5.75 Å². The van der Waals surface area contributed by atoms with Crippen molar-refractivity contribution in [2.45, 2.75) is 17.8 Å². The Balaban J connectivity index is 1.74. The first-order valence-corrected chi connectivity index (χ1v) is 8.80. The largest absolute Gasteiger partial charge is 0.573 e. The molecule has 0 radical (unpaired) electrons. The van der Waals surface area contributed by atoms with Crippen LogP contribution in [0.25, 0.3) is 0 Å². The third-order valence-corrected chi connectivity index (χ3v) is 5.43. The maximum absolute atomic E-state index is 12.6. The molecule has 2 aromatic rings. The number of alkyl halides is 3. The van der Waals surface area contributed by atoms with Crippen LogP contribution >= 0.6 is 0 Å². The van der Waals surface area contributed by atoms with Crippen molar-refractivity contribution in [2.75, 3.05) is 13.8 Å². The molecule has 0 amide bonds. The van der Waals surface area contributed by atoms with Crippen LogP contribution in [0.3, 0.4) is 0 Å². The standard InChI is InChI=1S/C16H14F3NO5S/c1-20(9-11-2-7-14-15(8-11)24-10-23-14)26(21,22)13-5-3-12(4-6-13)25-16(17,18)19/h2-8H,9-10H2,1H3. The zero-order chi connectivity index (χ0) is 18.9. The van der Waals surface area contributed by atoms with Gasteiger partial charge >= 0.3 is 6.36 Å². The predicted molar refractivity (Wildman–Crippen MR) is 84.3 cm³/mol. The first-order valence-electron chi connectivity index (χ1n) is 7.36. The molecule has 1 heterocycles. The van der Waals surface area contributed by atoms with Crippen LogP contribution in [-0.2, 0) is 16.6 Å². The third kappa shape index (κ3) is 4.02. The molecule has 2 aromatic carbocycles. The second-order valence-corrected chi connectivity index (χ2v) is 7.51. The summed E-state index contributed by atoms with van der Waals surface area (Å²) in [6, 6.07) is 9.10. The number of benzene rings is 2. The van der Waals surface area contributed by atoms with Crippen molar-refractivity contribution in [3.63, 3.8) is 0 Å². The molecule has 1 aliphatic heterocycles. The third-order valence-electron chi connectivity index (χ3n) is 3.61. The van der Waals surface area contributed by atoms with Gasteiger partial charge in [-0.15, -0.1) is 13.2 Å². The molecule has 0 N–H and O–H groups in total. The molecular weight excluding hydrogens is 375 g/mol. The van der Waals surface area contributed by atoms with Gasteiger partial charge in [-0.3, -0.25) is 0 Å². The summed E-state index contributed by atoms with van der Waals surface area (Å²) in [6.45, 7) is 0.166. The minimum absolute atomic E-state index is 0.0553. The molecule has 0 bridgehead atoms. The fourth-order valence-corrected chi connectivity index (χ4v) is 3.53. The molecule has 0 aromatic heterocycles. The van der Waals surface area contributed by atoms with E-state index in [-0.39, 0.29) is 18.2 Å². The topological polar surface area (TPSA) is 65.1 Å². The van der Waals surface area contributed by atoms with Crippen molar-refractivity contribution in [1.82, 2.24) is 4.31 Å². The average Bonchev–Trinajstić information content (AvgIpc) is 3.01. The molecule has 26 heavy (non-hydrogen) atoms. The zero-order valence-corrected chi connectivity index (χ0v) is 14.3. The lowest BCUT2D eigenvalue weighted by Gasteiger charge is -2.18. The molecule has 0 atom stereocenters. The maximum Gasteiger partial charge on any atom is 0.573 e. The van der Waals surface area contributed by atoms with Gasteiger partial charge in [0.15, 0.2) is 11.5 Å². The highest BCUT2D eigenvalue weighted by Gasteiger charge is 2.31. The van der Waals surface area contributed by atoms with Gasteiger partial charge in [-0.05, 0) is 42.0 Å². The number of sulfonamides is 1. The summed E-state index contributed by atoms with van der Waals surface area (Å²) >= 11 is 0. The molecule has 10 heteroatoms. The second kappa shape index (κ2) is 6.69. The molecule has 6 nitrogen and oxygen atoms in total. The summed E-state index contributed by atoms with van der Waals surface area (Å²) in [4.78, 5) is -0.143. The Labute approximate surface area is 147 Å². The number of nitrogens with zero attached hydrogens (tertiary/aromatic N) is 1. The van der Waals surface area contributed by atoms with Crippen LogP contribution in [0, 0.1) is 0 Å². The lowest BCUT2D eigenvalue weighted by Crippen LogP contribution is -2.26. The smallest absolute Gasteiger partial charge is 0.454 e. The summed E-state index contributed by atoms with van der Waals surface area (Å²) < 4.78 is 76.9. The van der Waals surface area contributed by atoms with Gasteiger partial charge in [0.05, 0.1) is 4.90 Å².